The summed E-state index contributed by atoms with van der Waals surface area (Å²) in [5, 5.41) is 9.59. The van der Waals surface area contributed by atoms with Gasteiger partial charge in [0.25, 0.3) is 0 Å². The van der Waals surface area contributed by atoms with E-state index in [0.29, 0.717) is 23.4 Å². The van der Waals surface area contributed by atoms with Gasteiger partial charge in [-0.25, -0.2) is 4.98 Å². The molecule has 5 nitrogen and oxygen atoms in total. The second kappa shape index (κ2) is 6.72. The summed E-state index contributed by atoms with van der Waals surface area (Å²) in [4.78, 5) is 6.68. The third-order valence-electron chi connectivity index (χ3n) is 5.80. The Bertz CT molecular complexity index is 1050. The fourth-order valence-corrected chi connectivity index (χ4v) is 4.13. The van der Waals surface area contributed by atoms with Crippen LogP contribution in [0.2, 0.25) is 0 Å². The summed E-state index contributed by atoms with van der Waals surface area (Å²) < 4.78 is 11.4. The molecule has 140 valence electrons. The lowest BCUT2D eigenvalue weighted by atomic mass is 10.00. The third kappa shape index (κ3) is 2.91. The summed E-state index contributed by atoms with van der Waals surface area (Å²) in [6, 6.07) is 18.8. The van der Waals surface area contributed by atoms with Gasteiger partial charge in [0.15, 0.2) is 0 Å². The van der Waals surface area contributed by atoms with Crippen LogP contribution in [0.5, 0.6) is 5.75 Å². The Morgan fingerprint density at radius 3 is 2.64 bits per heavy atom. The van der Waals surface area contributed by atoms with Crippen molar-refractivity contribution in [2.45, 2.75) is 31.2 Å². The molecule has 0 N–H and O–H groups in total. The summed E-state index contributed by atoms with van der Waals surface area (Å²) in [5.74, 6) is 2.80. The summed E-state index contributed by atoms with van der Waals surface area (Å²) in [7, 11) is 1.67. The smallest absolute Gasteiger partial charge is 0.235 e. The van der Waals surface area contributed by atoms with E-state index in [9.17, 15) is 5.26 Å². The Balaban J connectivity index is 1.37. The van der Waals surface area contributed by atoms with Crippen molar-refractivity contribution in [2.24, 2.45) is 0 Å². The van der Waals surface area contributed by atoms with Crippen LogP contribution in [-0.4, -0.2) is 18.6 Å². The molecule has 28 heavy (non-hydrogen) atoms. The maximum atomic E-state index is 9.59. The van der Waals surface area contributed by atoms with E-state index in [1.54, 1.807) is 7.11 Å². The number of hydrogen-bond donors (Lipinski definition) is 0. The van der Waals surface area contributed by atoms with Crippen LogP contribution in [-0.2, 0) is 13.0 Å². The van der Waals surface area contributed by atoms with Crippen LogP contribution >= 0.6 is 0 Å². The van der Waals surface area contributed by atoms with Crippen molar-refractivity contribution >= 4 is 5.88 Å². The molecular formula is C23H21N3O2. The van der Waals surface area contributed by atoms with E-state index in [0.717, 1.165) is 31.7 Å². The van der Waals surface area contributed by atoms with E-state index in [-0.39, 0.29) is 5.92 Å². The lowest BCUT2D eigenvalue weighted by molar-refractivity contribution is 0.414. The van der Waals surface area contributed by atoms with E-state index in [1.165, 1.54) is 16.7 Å². The first kappa shape index (κ1) is 16.9. The molecule has 2 aliphatic rings. The van der Waals surface area contributed by atoms with Crippen LogP contribution in [0.25, 0.3) is 0 Å². The van der Waals surface area contributed by atoms with Crippen molar-refractivity contribution in [3.8, 4) is 11.8 Å². The van der Waals surface area contributed by atoms with Gasteiger partial charge in [-0.05, 0) is 47.6 Å². The van der Waals surface area contributed by atoms with Crippen LogP contribution in [0.4, 0.5) is 5.88 Å². The standard InChI is InChI=1S/C23H21N3O2/c1-27-18-8-6-16(7-9-18)19-12-20(19)22-25-21(13-24)23(28-22)26-11-10-15-4-2-3-5-17(15)14-26/h2-9,19-20H,10-12,14H2,1H3. The SMILES string of the molecule is COc1ccc(C2CC2c2nc(C#N)c(N3CCc4ccccc4C3)o2)cc1. The summed E-state index contributed by atoms with van der Waals surface area (Å²) in [5.41, 5.74) is 4.32. The maximum Gasteiger partial charge on any atom is 0.235 e. The van der Waals surface area contributed by atoms with Gasteiger partial charge < -0.3 is 14.1 Å². The number of hydrogen-bond acceptors (Lipinski definition) is 5. The molecule has 0 spiro atoms. The second-order valence-corrected chi connectivity index (χ2v) is 7.48. The van der Waals surface area contributed by atoms with E-state index in [2.05, 4.69) is 52.4 Å². The van der Waals surface area contributed by atoms with Gasteiger partial charge in [-0.15, -0.1) is 0 Å². The number of nitriles is 1. The third-order valence-corrected chi connectivity index (χ3v) is 5.80. The number of nitrogens with zero attached hydrogens (tertiary/aromatic N) is 3. The predicted octanol–water partition coefficient (Wildman–Crippen LogP) is 4.39. The Kier molecular flexibility index (Phi) is 4.05. The lowest BCUT2D eigenvalue weighted by Gasteiger charge is -2.28. The fourth-order valence-electron chi connectivity index (χ4n) is 4.13. The van der Waals surface area contributed by atoms with Crippen molar-refractivity contribution < 1.29 is 9.15 Å². The highest BCUT2D eigenvalue weighted by Crippen LogP contribution is 2.55. The van der Waals surface area contributed by atoms with Crippen LogP contribution in [0.1, 0.15) is 46.5 Å². The zero-order valence-electron chi connectivity index (χ0n) is 15.8. The van der Waals surface area contributed by atoms with Gasteiger partial charge in [-0.3, -0.25) is 0 Å². The largest absolute Gasteiger partial charge is 0.497 e. The maximum absolute atomic E-state index is 9.59. The number of methoxy groups -OCH3 is 1. The zero-order chi connectivity index (χ0) is 19.1. The van der Waals surface area contributed by atoms with Crippen molar-refractivity contribution in [2.75, 3.05) is 18.6 Å². The fraction of sp³-hybridized carbons (Fsp3) is 0.304. The Morgan fingerprint density at radius 2 is 1.89 bits per heavy atom. The van der Waals surface area contributed by atoms with E-state index in [4.69, 9.17) is 9.15 Å². The Morgan fingerprint density at radius 1 is 1.11 bits per heavy atom. The van der Waals surface area contributed by atoms with Gasteiger partial charge in [0.05, 0.1) is 7.11 Å². The van der Waals surface area contributed by atoms with Crippen molar-refractivity contribution in [1.82, 2.24) is 4.98 Å². The number of fused-ring (bicyclic) bond motifs is 1. The molecule has 1 fully saturated rings. The van der Waals surface area contributed by atoms with Crippen molar-refractivity contribution in [1.29, 1.82) is 5.26 Å². The summed E-state index contributed by atoms with van der Waals surface area (Å²) in [6.45, 7) is 1.60. The van der Waals surface area contributed by atoms with Gasteiger partial charge >= 0.3 is 0 Å². The molecular weight excluding hydrogens is 350 g/mol. The van der Waals surface area contributed by atoms with Gasteiger partial charge in [0.1, 0.15) is 11.8 Å². The molecule has 5 rings (SSSR count). The van der Waals surface area contributed by atoms with Gasteiger partial charge in [-0.1, -0.05) is 36.4 Å². The first-order chi connectivity index (χ1) is 13.8. The number of anilines is 1. The van der Waals surface area contributed by atoms with E-state index < -0.39 is 0 Å². The molecule has 5 heteroatoms. The zero-order valence-corrected chi connectivity index (χ0v) is 15.8. The molecule has 1 aliphatic carbocycles. The molecule has 2 aromatic carbocycles. The van der Waals surface area contributed by atoms with Crippen molar-refractivity contribution in [3.63, 3.8) is 0 Å². The molecule has 2 atom stereocenters. The molecule has 1 aliphatic heterocycles. The van der Waals surface area contributed by atoms with Crippen LogP contribution < -0.4 is 9.64 Å². The average Bonchev–Trinajstić information content (AvgIpc) is 3.44. The molecule has 0 radical (unpaired) electrons. The highest BCUT2D eigenvalue weighted by molar-refractivity contribution is 5.51. The quantitative estimate of drug-likeness (QED) is 0.681. The minimum atomic E-state index is 0.242. The number of rotatable bonds is 4. The molecule has 3 aromatic rings. The Hall–Kier alpha value is -3.26. The number of benzene rings is 2. The lowest BCUT2D eigenvalue weighted by Crippen LogP contribution is -2.30. The topological polar surface area (TPSA) is 62.3 Å². The van der Waals surface area contributed by atoms with Crippen LogP contribution in [0, 0.1) is 11.3 Å². The van der Waals surface area contributed by atoms with Gasteiger partial charge in [-0.2, -0.15) is 5.26 Å². The summed E-state index contributed by atoms with van der Waals surface area (Å²) >= 11 is 0. The van der Waals surface area contributed by atoms with Crippen LogP contribution in [0.15, 0.2) is 52.9 Å². The minimum Gasteiger partial charge on any atom is -0.497 e. The molecule has 1 saturated carbocycles. The number of aromatic nitrogens is 1. The molecule has 0 bridgehead atoms. The molecule has 0 saturated heterocycles. The van der Waals surface area contributed by atoms with E-state index in [1.807, 2.05) is 12.1 Å². The van der Waals surface area contributed by atoms with E-state index >= 15 is 0 Å². The number of ether oxygens (including phenoxy) is 1. The first-order valence-corrected chi connectivity index (χ1v) is 9.63. The second-order valence-electron chi connectivity index (χ2n) is 7.48. The minimum absolute atomic E-state index is 0.242. The Labute approximate surface area is 164 Å². The summed E-state index contributed by atoms with van der Waals surface area (Å²) in [6.07, 6.45) is 1.95. The van der Waals surface area contributed by atoms with Crippen LogP contribution in [0.3, 0.4) is 0 Å². The molecule has 2 unspecified atom stereocenters. The first-order valence-electron chi connectivity index (χ1n) is 9.63. The molecule has 1 aromatic heterocycles. The predicted molar refractivity (Wildman–Crippen MR) is 106 cm³/mol. The molecule has 2 heterocycles. The highest BCUT2D eigenvalue weighted by atomic mass is 16.5. The highest BCUT2D eigenvalue weighted by Gasteiger charge is 2.44. The van der Waals surface area contributed by atoms with Crippen molar-refractivity contribution in [3.05, 3.63) is 76.8 Å². The normalized spacial score (nSPS) is 20.4. The van der Waals surface area contributed by atoms with Gasteiger partial charge in [0, 0.05) is 19.0 Å². The molecule has 0 amide bonds. The monoisotopic (exact) mass is 371 g/mol. The van der Waals surface area contributed by atoms with Gasteiger partial charge in [0.2, 0.25) is 17.5 Å². The number of oxazole rings is 1. The average molecular weight is 371 g/mol.